The van der Waals surface area contributed by atoms with Crippen molar-refractivity contribution in [3.8, 4) is 0 Å². The quantitative estimate of drug-likeness (QED) is 0.559. The van der Waals surface area contributed by atoms with Crippen LogP contribution in [0.3, 0.4) is 0 Å². The molecule has 3 rings (SSSR count). The molecule has 0 fully saturated rings. The van der Waals surface area contributed by atoms with Gasteiger partial charge in [-0.25, -0.2) is 4.98 Å². The van der Waals surface area contributed by atoms with Crippen molar-refractivity contribution < 1.29 is 4.79 Å². The molecule has 0 aliphatic heterocycles. The Bertz CT molecular complexity index is 767. The molecule has 0 radical (unpaired) electrons. The molecule has 2 N–H and O–H groups in total. The van der Waals surface area contributed by atoms with E-state index in [9.17, 15) is 4.79 Å². The van der Waals surface area contributed by atoms with Gasteiger partial charge in [-0.1, -0.05) is 35.0 Å². The molecule has 2 aromatic heterocycles. The molecule has 7 heteroatoms. The van der Waals surface area contributed by atoms with E-state index in [0.717, 1.165) is 5.52 Å². The van der Waals surface area contributed by atoms with Crippen molar-refractivity contribution in [3.63, 3.8) is 0 Å². The highest BCUT2D eigenvalue weighted by atomic mass is 35.5. The van der Waals surface area contributed by atoms with Crippen molar-refractivity contribution in [2.75, 3.05) is 5.75 Å². The monoisotopic (exact) mass is 325 g/mol. The Hall–Kier alpha value is -1.43. The molecule has 1 aromatic carbocycles. The number of thioether (sulfide) groups is 1. The van der Waals surface area contributed by atoms with Gasteiger partial charge in [0.15, 0.2) is 10.9 Å². The number of nitrogens with zero attached hydrogens (tertiary/aromatic N) is 1. The van der Waals surface area contributed by atoms with Gasteiger partial charge in [0, 0.05) is 11.2 Å². The number of rotatable bonds is 4. The molecule has 20 heavy (non-hydrogen) atoms. The molecule has 3 aromatic rings. The van der Waals surface area contributed by atoms with Crippen LogP contribution in [0.2, 0.25) is 10.0 Å². The lowest BCUT2D eigenvalue weighted by molar-refractivity contribution is 0.101. The van der Waals surface area contributed by atoms with Crippen molar-refractivity contribution in [3.05, 3.63) is 46.2 Å². The summed E-state index contributed by atoms with van der Waals surface area (Å²) < 4.78 is 0. The number of nitrogens with one attached hydrogen (secondary N) is 2. The van der Waals surface area contributed by atoms with E-state index < -0.39 is 0 Å². The van der Waals surface area contributed by atoms with E-state index in [2.05, 4.69) is 15.0 Å². The Morgan fingerprint density at radius 1 is 1.35 bits per heavy atom. The number of H-pyrrole nitrogens is 2. The Labute approximate surface area is 128 Å². The summed E-state index contributed by atoms with van der Waals surface area (Å²) in [7, 11) is 0. The van der Waals surface area contributed by atoms with E-state index in [4.69, 9.17) is 23.2 Å². The minimum atomic E-state index is 0.0181. The van der Waals surface area contributed by atoms with Gasteiger partial charge < -0.3 is 9.97 Å². The molecular formula is C13H9Cl2N3OS. The van der Waals surface area contributed by atoms with Gasteiger partial charge in [-0.15, -0.1) is 0 Å². The van der Waals surface area contributed by atoms with Crippen LogP contribution in [0.5, 0.6) is 0 Å². The van der Waals surface area contributed by atoms with E-state index in [1.165, 1.54) is 11.8 Å². The fourth-order valence-corrected chi connectivity index (χ4v) is 3.10. The number of imidazole rings is 1. The van der Waals surface area contributed by atoms with Crippen LogP contribution in [0, 0.1) is 0 Å². The molecule has 0 aliphatic carbocycles. The van der Waals surface area contributed by atoms with Crippen LogP contribution in [0.25, 0.3) is 11.0 Å². The zero-order valence-electron chi connectivity index (χ0n) is 10.1. The molecule has 0 unspecified atom stereocenters. The maximum atomic E-state index is 11.9. The summed E-state index contributed by atoms with van der Waals surface area (Å²) in [5, 5.41) is 1.68. The SMILES string of the molecule is O=C(CSc1nc2c(Cl)cc(Cl)cc2[nH]1)c1ccc[nH]1. The number of fused-ring (bicyclic) bond motifs is 1. The first-order chi connectivity index (χ1) is 9.63. The number of aromatic amines is 2. The number of hydrogen-bond acceptors (Lipinski definition) is 3. The molecule has 0 aliphatic rings. The van der Waals surface area contributed by atoms with Crippen LogP contribution >= 0.6 is 35.0 Å². The van der Waals surface area contributed by atoms with Gasteiger partial charge in [-0.2, -0.15) is 0 Å². The van der Waals surface area contributed by atoms with Crippen LogP contribution < -0.4 is 0 Å². The lowest BCUT2D eigenvalue weighted by Crippen LogP contribution is -2.02. The van der Waals surface area contributed by atoms with Crippen molar-refractivity contribution in [2.24, 2.45) is 0 Å². The molecule has 0 atom stereocenters. The largest absolute Gasteiger partial charge is 0.359 e. The number of ketones is 1. The summed E-state index contributed by atoms with van der Waals surface area (Å²) in [6, 6.07) is 6.94. The first kappa shape index (κ1) is 13.5. The summed E-state index contributed by atoms with van der Waals surface area (Å²) in [5.74, 6) is 0.315. The van der Waals surface area contributed by atoms with Gasteiger partial charge in [0.05, 0.1) is 22.0 Å². The summed E-state index contributed by atoms with van der Waals surface area (Å²) >= 11 is 13.3. The molecule has 0 spiro atoms. The minimum absolute atomic E-state index is 0.0181. The van der Waals surface area contributed by atoms with E-state index >= 15 is 0 Å². The summed E-state index contributed by atoms with van der Waals surface area (Å²) in [5.41, 5.74) is 2.01. The van der Waals surface area contributed by atoms with Gasteiger partial charge >= 0.3 is 0 Å². The molecular weight excluding hydrogens is 317 g/mol. The fraction of sp³-hybridized carbons (Fsp3) is 0.0769. The number of carbonyl (C=O) groups excluding carboxylic acids is 1. The van der Waals surface area contributed by atoms with Crippen LogP contribution in [0.1, 0.15) is 10.5 Å². The van der Waals surface area contributed by atoms with Crippen LogP contribution in [0.15, 0.2) is 35.6 Å². The number of hydrogen-bond donors (Lipinski definition) is 2. The van der Waals surface area contributed by atoms with Crippen molar-refractivity contribution >= 4 is 51.8 Å². The molecule has 0 saturated heterocycles. The predicted octanol–water partition coefficient (Wildman–Crippen LogP) is 4.17. The van der Waals surface area contributed by atoms with E-state index in [1.807, 2.05) is 0 Å². The van der Waals surface area contributed by atoms with Crippen LogP contribution in [0.4, 0.5) is 0 Å². The average Bonchev–Trinajstić information content (AvgIpc) is 3.04. The zero-order chi connectivity index (χ0) is 14.1. The molecule has 102 valence electrons. The summed E-state index contributed by atoms with van der Waals surface area (Å²) in [4.78, 5) is 22.2. The second kappa shape index (κ2) is 5.52. The first-order valence-electron chi connectivity index (χ1n) is 5.77. The minimum Gasteiger partial charge on any atom is -0.359 e. The molecule has 0 bridgehead atoms. The van der Waals surface area contributed by atoms with Crippen LogP contribution in [-0.4, -0.2) is 26.5 Å². The van der Waals surface area contributed by atoms with E-state index in [1.54, 1.807) is 30.5 Å². The fourth-order valence-electron chi connectivity index (χ4n) is 1.80. The lowest BCUT2D eigenvalue weighted by Gasteiger charge is -1.95. The molecule has 4 nitrogen and oxygen atoms in total. The third-order valence-corrected chi connectivity index (χ3v) is 4.10. The standard InChI is InChI=1S/C13H9Cl2N3OS/c14-7-4-8(15)12-10(5-7)17-13(18-12)20-6-11(19)9-2-1-3-16-9/h1-5,16H,6H2,(H,17,18). The maximum absolute atomic E-state index is 11.9. The Kier molecular flexibility index (Phi) is 3.74. The number of carbonyl (C=O) groups is 1. The maximum Gasteiger partial charge on any atom is 0.189 e. The average molecular weight is 326 g/mol. The highest BCUT2D eigenvalue weighted by Gasteiger charge is 2.11. The van der Waals surface area contributed by atoms with Gasteiger partial charge in [0.25, 0.3) is 0 Å². The summed E-state index contributed by atoms with van der Waals surface area (Å²) in [6.45, 7) is 0. The molecule has 0 saturated carbocycles. The second-order valence-electron chi connectivity index (χ2n) is 4.12. The number of aromatic nitrogens is 3. The highest BCUT2D eigenvalue weighted by molar-refractivity contribution is 7.99. The highest BCUT2D eigenvalue weighted by Crippen LogP contribution is 2.28. The van der Waals surface area contributed by atoms with Gasteiger partial charge in [0.1, 0.15) is 5.52 Å². The van der Waals surface area contributed by atoms with Crippen molar-refractivity contribution in [2.45, 2.75) is 5.16 Å². The van der Waals surface area contributed by atoms with Crippen molar-refractivity contribution in [1.82, 2.24) is 15.0 Å². The Morgan fingerprint density at radius 2 is 2.20 bits per heavy atom. The molecule has 0 amide bonds. The topological polar surface area (TPSA) is 61.5 Å². The Balaban J connectivity index is 1.78. The normalized spacial score (nSPS) is 11.1. The number of halogens is 2. The molecule has 2 heterocycles. The van der Waals surface area contributed by atoms with Crippen LogP contribution in [-0.2, 0) is 0 Å². The number of benzene rings is 1. The van der Waals surface area contributed by atoms with Crippen molar-refractivity contribution in [1.29, 1.82) is 0 Å². The van der Waals surface area contributed by atoms with Gasteiger partial charge in [-0.3, -0.25) is 4.79 Å². The number of Topliss-reactive ketones (excluding diaryl/α,β-unsaturated/α-hetero) is 1. The summed E-state index contributed by atoms with van der Waals surface area (Å²) in [6.07, 6.45) is 1.72. The smallest absolute Gasteiger partial charge is 0.189 e. The third kappa shape index (κ3) is 2.70. The van der Waals surface area contributed by atoms with E-state index in [0.29, 0.717) is 32.2 Å². The predicted molar refractivity (Wildman–Crippen MR) is 82.0 cm³/mol. The van der Waals surface area contributed by atoms with E-state index in [-0.39, 0.29) is 5.78 Å². The second-order valence-corrected chi connectivity index (χ2v) is 5.93. The van der Waals surface area contributed by atoms with Gasteiger partial charge in [-0.05, 0) is 24.3 Å². The lowest BCUT2D eigenvalue weighted by atomic mass is 10.3. The first-order valence-corrected chi connectivity index (χ1v) is 7.52. The third-order valence-electron chi connectivity index (χ3n) is 2.72. The zero-order valence-corrected chi connectivity index (χ0v) is 12.4. The Morgan fingerprint density at radius 3 is 2.95 bits per heavy atom. The van der Waals surface area contributed by atoms with Gasteiger partial charge in [0.2, 0.25) is 0 Å².